The molecule has 1 amide bonds. The number of nitrogens with zero attached hydrogens (tertiary/aromatic N) is 1. The van der Waals surface area contributed by atoms with Gasteiger partial charge in [0.25, 0.3) is 11.1 Å². The summed E-state index contributed by atoms with van der Waals surface area (Å²) in [6.45, 7) is 2.60. The first kappa shape index (κ1) is 17.5. The Hall–Kier alpha value is -2.83. The fourth-order valence-electron chi connectivity index (χ4n) is 2.37. The van der Waals surface area contributed by atoms with Crippen molar-refractivity contribution in [2.24, 2.45) is 0 Å². The van der Waals surface area contributed by atoms with Gasteiger partial charge in [0.05, 0.1) is 13.7 Å². The Morgan fingerprint density at radius 2 is 2.04 bits per heavy atom. The maximum Gasteiger partial charge on any atom is 0.265 e. The van der Waals surface area contributed by atoms with Gasteiger partial charge < -0.3 is 10.1 Å². The Balaban J connectivity index is 1.84. The van der Waals surface area contributed by atoms with Gasteiger partial charge in [0.15, 0.2) is 0 Å². The third-order valence-corrected chi connectivity index (χ3v) is 3.60. The summed E-state index contributed by atoms with van der Waals surface area (Å²) in [6.07, 6.45) is 0.767. The van der Waals surface area contributed by atoms with E-state index in [4.69, 9.17) is 4.74 Å². The summed E-state index contributed by atoms with van der Waals surface area (Å²) in [5, 5.41) is 5.19. The Kier molecular flexibility index (Phi) is 5.95. The SMILES string of the molecule is COc1ccc(C)cc1CCNC(=O)CCn1[nH]c(=O)ccc1=O. The Morgan fingerprint density at radius 3 is 2.79 bits per heavy atom. The van der Waals surface area contributed by atoms with Crippen LogP contribution in [0.1, 0.15) is 17.5 Å². The molecule has 2 rings (SSSR count). The molecular formula is C17H21N3O4. The van der Waals surface area contributed by atoms with Crippen molar-refractivity contribution < 1.29 is 9.53 Å². The second-order valence-electron chi connectivity index (χ2n) is 5.46. The lowest BCUT2D eigenvalue weighted by molar-refractivity contribution is -0.121. The van der Waals surface area contributed by atoms with E-state index in [-0.39, 0.29) is 30.0 Å². The number of nitrogens with one attached hydrogen (secondary N) is 2. The van der Waals surface area contributed by atoms with Gasteiger partial charge in [-0.2, -0.15) is 0 Å². The molecule has 0 unspecified atom stereocenters. The Morgan fingerprint density at radius 1 is 1.25 bits per heavy atom. The molecule has 0 saturated heterocycles. The minimum atomic E-state index is -0.374. The van der Waals surface area contributed by atoms with Crippen molar-refractivity contribution >= 4 is 5.91 Å². The third kappa shape index (κ3) is 4.84. The predicted molar refractivity (Wildman–Crippen MR) is 90.4 cm³/mol. The predicted octanol–water partition coefficient (Wildman–Crippen LogP) is 0.603. The molecule has 0 aliphatic carbocycles. The van der Waals surface area contributed by atoms with Crippen molar-refractivity contribution in [3.63, 3.8) is 0 Å². The van der Waals surface area contributed by atoms with E-state index in [0.29, 0.717) is 13.0 Å². The molecule has 0 aliphatic rings. The number of hydrogen-bond donors (Lipinski definition) is 2. The topological polar surface area (TPSA) is 93.2 Å². The normalized spacial score (nSPS) is 10.4. The fraction of sp³-hybridized carbons (Fsp3) is 0.353. The highest BCUT2D eigenvalue weighted by Crippen LogP contribution is 2.19. The van der Waals surface area contributed by atoms with E-state index in [9.17, 15) is 14.4 Å². The van der Waals surface area contributed by atoms with E-state index >= 15 is 0 Å². The summed E-state index contributed by atoms with van der Waals surface area (Å²) in [5.74, 6) is 0.612. The molecule has 2 aromatic rings. The Bertz CT molecular complexity index is 823. The molecule has 2 N–H and O–H groups in total. The number of carbonyl (C=O) groups excluding carboxylic acids is 1. The van der Waals surface area contributed by atoms with Crippen LogP contribution in [-0.4, -0.2) is 29.3 Å². The molecule has 1 aromatic heterocycles. The lowest BCUT2D eigenvalue weighted by Gasteiger charge is -2.10. The molecule has 0 bridgehead atoms. The Labute approximate surface area is 139 Å². The van der Waals surface area contributed by atoms with Crippen molar-refractivity contribution in [3.8, 4) is 5.75 Å². The smallest absolute Gasteiger partial charge is 0.265 e. The van der Waals surface area contributed by atoms with Gasteiger partial charge in [-0.15, -0.1) is 0 Å². The maximum absolute atomic E-state index is 11.9. The molecular weight excluding hydrogens is 310 g/mol. The van der Waals surface area contributed by atoms with Gasteiger partial charge in [0, 0.05) is 25.1 Å². The number of aromatic nitrogens is 2. The number of aryl methyl sites for hydroxylation is 2. The number of carbonyl (C=O) groups is 1. The first-order valence-corrected chi connectivity index (χ1v) is 7.70. The summed E-state index contributed by atoms with van der Waals surface area (Å²) in [6, 6.07) is 8.25. The van der Waals surface area contributed by atoms with Crippen LogP contribution < -0.4 is 21.2 Å². The van der Waals surface area contributed by atoms with Crippen molar-refractivity contribution in [2.75, 3.05) is 13.7 Å². The molecule has 0 radical (unpaired) electrons. The van der Waals surface area contributed by atoms with Crippen LogP contribution in [0.4, 0.5) is 0 Å². The van der Waals surface area contributed by atoms with Gasteiger partial charge in [0.1, 0.15) is 5.75 Å². The molecule has 0 fully saturated rings. The average molecular weight is 331 g/mol. The molecule has 0 saturated carbocycles. The molecule has 0 aliphatic heterocycles. The second-order valence-corrected chi connectivity index (χ2v) is 5.46. The van der Waals surface area contributed by atoms with Gasteiger partial charge in [-0.3, -0.25) is 19.5 Å². The molecule has 128 valence electrons. The van der Waals surface area contributed by atoms with E-state index in [1.165, 1.54) is 6.07 Å². The standard InChI is InChI=1S/C17H21N3O4/c1-12-3-4-14(24-2)13(11-12)7-9-18-15(21)8-10-20-17(23)6-5-16(22)19-20/h3-6,11H,7-10H2,1-2H3,(H,18,21)(H,19,22). The number of rotatable bonds is 7. The van der Waals surface area contributed by atoms with Gasteiger partial charge in [-0.05, 0) is 25.0 Å². The van der Waals surface area contributed by atoms with Crippen LogP contribution in [0.3, 0.4) is 0 Å². The molecule has 0 spiro atoms. The molecule has 7 heteroatoms. The number of H-pyrrole nitrogens is 1. The summed E-state index contributed by atoms with van der Waals surface area (Å²) in [5.41, 5.74) is 1.44. The van der Waals surface area contributed by atoms with Crippen molar-refractivity contribution in [2.45, 2.75) is 26.3 Å². The highest BCUT2D eigenvalue weighted by atomic mass is 16.5. The summed E-state index contributed by atoms with van der Waals surface area (Å²) < 4.78 is 6.43. The summed E-state index contributed by atoms with van der Waals surface area (Å²) in [4.78, 5) is 34.6. The fourth-order valence-corrected chi connectivity index (χ4v) is 2.37. The molecule has 7 nitrogen and oxygen atoms in total. The van der Waals surface area contributed by atoms with Crippen molar-refractivity contribution in [3.05, 3.63) is 62.2 Å². The third-order valence-electron chi connectivity index (χ3n) is 3.60. The van der Waals surface area contributed by atoms with E-state index in [2.05, 4.69) is 10.4 Å². The zero-order valence-corrected chi connectivity index (χ0v) is 13.8. The second kappa shape index (κ2) is 8.14. The van der Waals surface area contributed by atoms with Crippen LogP contribution in [0.15, 0.2) is 39.9 Å². The minimum Gasteiger partial charge on any atom is -0.496 e. The van der Waals surface area contributed by atoms with Crippen LogP contribution in [0.2, 0.25) is 0 Å². The van der Waals surface area contributed by atoms with Crippen LogP contribution in [0.25, 0.3) is 0 Å². The van der Waals surface area contributed by atoms with Gasteiger partial charge in [-0.25, -0.2) is 4.68 Å². The molecule has 1 heterocycles. The lowest BCUT2D eigenvalue weighted by atomic mass is 10.1. The highest BCUT2D eigenvalue weighted by Gasteiger charge is 2.06. The minimum absolute atomic E-state index is 0.116. The monoisotopic (exact) mass is 331 g/mol. The molecule has 24 heavy (non-hydrogen) atoms. The summed E-state index contributed by atoms with van der Waals surface area (Å²) >= 11 is 0. The van der Waals surface area contributed by atoms with E-state index in [0.717, 1.165) is 27.6 Å². The number of amides is 1. The number of methoxy groups -OCH3 is 1. The maximum atomic E-state index is 11.9. The van der Waals surface area contributed by atoms with Gasteiger partial charge >= 0.3 is 0 Å². The van der Waals surface area contributed by atoms with Crippen molar-refractivity contribution in [1.29, 1.82) is 0 Å². The average Bonchev–Trinajstić information content (AvgIpc) is 2.56. The van der Waals surface area contributed by atoms with E-state index in [1.54, 1.807) is 7.11 Å². The van der Waals surface area contributed by atoms with Gasteiger partial charge in [0.2, 0.25) is 5.91 Å². The largest absolute Gasteiger partial charge is 0.496 e. The highest BCUT2D eigenvalue weighted by molar-refractivity contribution is 5.75. The first-order valence-electron chi connectivity index (χ1n) is 7.70. The zero-order valence-electron chi connectivity index (χ0n) is 13.8. The number of benzene rings is 1. The first-order chi connectivity index (χ1) is 11.5. The van der Waals surface area contributed by atoms with E-state index < -0.39 is 0 Å². The quantitative estimate of drug-likeness (QED) is 0.777. The molecule has 0 atom stereocenters. The molecule has 1 aromatic carbocycles. The van der Waals surface area contributed by atoms with Crippen LogP contribution in [-0.2, 0) is 17.8 Å². The van der Waals surface area contributed by atoms with Gasteiger partial charge in [-0.1, -0.05) is 17.7 Å². The lowest BCUT2D eigenvalue weighted by Crippen LogP contribution is -2.32. The van der Waals surface area contributed by atoms with E-state index in [1.807, 2.05) is 25.1 Å². The summed E-state index contributed by atoms with van der Waals surface area (Å²) in [7, 11) is 1.62. The zero-order chi connectivity index (χ0) is 17.5. The van der Waals surface area contributed by atoms with Crippen LogP contribution >= 0.6 is 0 Å². The van der Waals surface area contributed by atoms with Crippen LogP contribution in [0.5, 0.6) is 5.75 Å². The number of aromatic amines is 1. The number of ether oxygens (including phenoxy) is 1. The van der Waals surface area contributed by atoms with Crippen LogP contribution in [0, 0.1) is 6.92 Å². The number of hydrogen-bond acceptors (Lipinski definition) is 4. The van der Waals surface area contributed by atoms with Crippen molar-refractivity contribution in [1.82, 2.24) is 15.1 Å².